The molecule has 0 bridgehead atoms. The second kappa shape index (κ2) is 12.6. The second-order valence-electron chi connectivity index (χ2n) is 14.7. The van der Waals surface area contributed by atoms with Crippen LogP contribution in [0, 0.1) is 0 Å². The Kier molecular flexibility index (Phi) is 7.06. The van der Waals surface area contributed by atoms with Crippen LogP contribution < -0.4 is 0 Å². The maximum atomic E-state index is 5.20. The van der Waals surface area contributed by atoms with Gasteiger partial charge in [0.05, 0.1) is 22.1 Å². The zero-order valence-electron chi connectivity index (χ0n) is 30.7. The molecule has 0 N–H and O–H groups in total. The van der Waals surface area contributed by atoms with Gasteiger partial charge in [-0.15, -0.1) is 0 Å². The molecule has 266 valence electrons. The van der Waals surface area contributed by atoms with E-state index in [2.05, 4.69) is 203 Å². The molecule has 3 heterocycles. The highest BCUT2D eigenvalue weighted by Crippen LogP contribution is 2.41. The summed E-state index contributed by atoms with van der Waals surface area (Å²) in [4.78, 5) is 5.20. The van der Waals surface area contributed by atoms with Gasteiger partial charge in [-0.25, -0.2) is 4.98 Å². The highest BCUT2D eigenvalue weighted by Gasteiger charge is 2.19. The van der Waals surface area contributed by atoms with Crippen LogP contribution in [0.2, 0.25) is 0 Å². The van der Waals surface area contributed by atoms with Crippen molar-refractivity contribution >= 4 is 76.7 Å². The minimum absolute atomic E-state index is 0.732. The lowest BCUT2D eigenvalue weighted by atomic mass is 9.98. The average Bonchev–Trinajstić information content (AvgIpc) is 3.99. The van der Waals surface area contributed by atoms with Gasteiger partial charge >= 0.3 is 0 Å². The van der Waals surface area contributed by atoms with Gasteiger partial charge in [0.25, 0.3) is 0 Å². The maximum Gasteiger partial charge on any atom is 0.173 e. The normalized spacial score (nSPS) is 11.9. The van der Waals surface area contributed by atoms with E-state index < -0.39 is 0 Å². The van der Waals surface area contributed by atoms with E-state index in [4.69, 9.17) is 9.36 Å². The summed E-state index contributed by atoms with van der Waals surface area (Å²) in [5, 5.41) is 10.7. The van der Waals surface area contributed by atoms with Gasteiger partial charge < -0.3 is 9.13 Å². The van der Waals surface area contributed by atoms with Crippen LogP contribution in [0.1, 0.15) is 0 Å². The Hall–Kier alpha value is -7.34. The van der Waals surface area contributed by atoms with E-state index in [0.29, 0.717) is 0 Å². The topological polar surface area (TPSA) is 35.6 Å². The number of nitrogens with zero attached hydrogens (tertiary/aromatic N) is 4. The zero-order valence-corrected chi connectivity index (χ0v) is 31.5. The zero-order chi connectivity index (χ0) is 37.5. The van der Waals surface area contributed by atoms with Crippen LogP contribution in [-0.4, -0.2) is 18.5 Å². The molecule has 0 fully saturated rings. The number of para-hydroxylation sites is 2. The van der Waals surface area contributed by atoms with Crippen LogP contribution in [0.25, 0.3) is 110 Å². The molecule has 0 saturated heterocycles. The molecule has 0 aliphatic carbocycles. The summed E-state index contributed by atoms with van der Waals surface area (Å²) in [7, 11) is 0. The summed E-state index contributed by atoms with van der Waals surface area (Å²) in [5.41, 5.74) is 11.4. The van der Waals surface area contributed by atoms with Gasteiger partial charge in [-0.3, -0.25) is 0 Å². The molecule has 0 spiro atoms. The number of benzene rings is 9. The fraction of sp³-hybridized carbons (Fsp3) is 0. The molecule has 0 unspecified atom stereocenters. The lowest BCUT2D eigenvalue weighted by Gasteiger charge is -2.12. The van der Waals surface area contributed by atoms with E-state index in [-0.39, 0.29) is 0 Å². The quantitative estimate of drug-likeness (QED) is 0.176. The summed E-state index contributed by atoms with van der Waals surface area (Å²) < 4.78 is 9.73. The summed E-state index contributed by atoms with van der Waals surface area (Å²) in [6.45, 7) is 0. The molecule has 0 amide bonds. The van der Waals surface area contributed by atoms with Crippen LogP contribution in [0.3, 0.4) is 0 Å². The summed E-state index contributed by atoms with van der Waals surface area (Å²) in [6.07, 6.45) is 0. The predicted molar refractivity (Wildman–Crippen MR) is 240 cm³/mol. The minimum Gasteiger partial charge on any atom is -0.309 e. The number of rotatable bonds is 5. The third-order valence-electron chi connectivity index (χ3n) is 11.5. The Morgan fingerprint density at radius 3 is 1.91 bits per heavy atom. The molecule has 0 aliphatic heterocycles. The van der Waals surface area contributed by atoms with Crippen molar-refractivity contribution in [1.29, 1.82) is 0 Å². The molecule has 0 saturated carbocycles. The lowest BCUT2D eigenvalue weighted by molar-refractivity contribution is 1.18. The van der Waals surface area contributed by atoms with E-state index in [1.165, 1.54) is 82.3 Å². The predicted octanol–water partition coefficient (Wildman–Crippen LogP) is 14.0. The van der Waals surface area contributed by atoms with Crippen molar-refractivity contribution in [3.63, 3.8) is 0 Å². The molecule has 5 heteroatoms. The molecular formula is C52H32N4S. The number of aromatic nitrogens is 4. The molecule has 0 aliphatic rings. The Bertz CT molecular complexity index is 3530. The van der Waals surface area contributed by atoms with Gasteiger partial charge in [-0.2, -0.15) is 4.37 Å². The van der Waals surface area contributed by atoms with Crippen molar-refractivity contribution in [2.75, 3.05) is 0 Å². The van der Waals surface area contributed by atoms with Crippen molar-refractivity contribution in [3.05, 3.63) is 194 Å². The van der Waals surface area contributed by atoms with E-state index in [9.17, 15) is 0 Å². The third-order valence-corrected chi connectivity index (χ3v) is 12.2. The highest BCUT2D eigenvalue weighted by molar-refractivity contribution is 7.09. The lowest BCUT2D eigenvalue weighted by Crippen LogP contribution is -1.95. The van der Waals surface area contributed by atoms with Crippen LogP contribution >= 0.6 is 11.5 Å². The van der Waals surface area contributed by atoms with Crippen molar-refractivity contribution in [3.8, 4) is 44.5 Å². The summed E-state index contributed by atoms with van der Waals surface area (Å²) in [6, 6.07) is 69.9. The van der Waals surface area contributed by atoms with Crippen LogP contribution in [0.15, 0.2) is 194 Å². The first-order valence-electron chi connectivity index (χ1n) is 19.2. The van der Waals surface area contributed by atoms with Crippen molar-refractivity contribution in [2.45, 2.75) is 0 Å². The Balaban J connectivity index is 0.993. The van der Waals surface area contributed by atoms with E-state index in [1.54, 1.807) is 0 Å². The Labute approximate surface area is 332 Å². The maximum absolute atomic E-state index is 5.20. The molecule has 57 heavy (non-hydrogen) atoms. The Morgan fingerprint density at radius 1 is 0.368 bits per heavy atom. The summed E-state index contributed by atoms with van der Waals surface area (Å²) >= 11 is 1.45. The molecule has 0 radical (unpaired) electrons. The van der Waals surface area contributed by atoms with E-state index >= 15 is 0 Å². The van der Waals surface area contributed by atoms with Crippen LogP contribution in [-0.2, 0) is 0 Å². The third kappa shape index (κ3) is 4.99. The molecule has 12 aromatic rings. The molecule has 4 nitrogen and oxygen atoms in total. The fourth-order valence-electron chi connectivity index (χ4n) is 8.91. The molecule has 0 atom stereocenters. The average molecular weight is 745 g/mol. The second-order valence-corrected chi connectivity index (χ2v) is 15.4. The summed E-state index contributed by atoms with van der Waals surface area (Å²) in [5.74, 6) is 0.732. The van der Waals surface area contributed by atoms with Gasteiger partial charge in [0.2, 0.25) is 0 Å². The van der Waals surface area contributed by atoms with E-state index in [1.807, 2.05) is 0 Å². The van der Waals surface area contributed by atoms with Gasteiger partial charge in [-0.1, -0.05) is 133 Å². The molecule has 3 aromatic heterocycles. The smallest absolute Gasteiger partial charge is 0.173 e. The molecule has 12 rings (SSSR count). The van der Waals surface area contributed by atoms with Crippen molar-refractivity contribution in [1.82, 2.24) is 18.5 Å². The SMILES string of the molecule is c1ccc(-n2c3ccc(-c4nc(-c5ccc6c7ccccc7n(-c7cccc(-c8cccc9ccccc89)c7)c6c5)ns4)cc3c3c4ccccc4ccc32)cc1. The first-order valence-corrected chi connectivity index (χ1v) is 20.0. The largest absolute Gasteiger partial charge is 0.309 e. The number of fused-ring (bicyclic) bond motifs is 9. The first kappa shape index (κ1) is 32.0. The van der Waals surface area contributed by atoms with E-state index in [0.717, 1.165) is 38.9 Å². The standard InChI is InChI=1S/C52H32N4S/c1-2-16-38(17-3-1)55-47-28-26-37(31-45(47)50-42-20-7-5-13-34(42)25-29-48(50)55)52-53-51(54-57-52)36-24-27-44-43-21-8-9-23-46(43)56(49(44)32-36)39-18-10-15-35(30-39)41-22-11-14-33-12-4-6-19-40(33)41/h1-32H. The van der Waals surface area contributed by atoms with Gasteiger partial charge in [-0.05, 0) is 105 Å². The monoisotopic (exact) mass is 744 g/mol. The highest BCUT2D eigenvalue weighted by atomic mass is 32.1. The number of hydrogen-bond acceptors (Lipinski definition) is 3. The van der Waals surface area contributed by atoms with Crippen molar-refractivity contribution in [2.24, 2.45) is 0 Å². The minimum atomic E-state index is 0.732. The van der Waals surface area contributed by atoms with Gasteiger partial charge in [0.1, 0.15) is 5.01 Å². The molecule has 9 aromatic carbocycles. The number of hydrogen-bond donors (Lipinski definition) is 0. The Morgan fingerprint density at radius 2 is 1.02 bits per heavy atom. The van der Waals surface area contributed by atoms with Crippen molar-refractivity contribution < 1.29 is 0 Å². The van der Waals surface area contributed by atoms with Crippen LogP contribution in [0.5, 0.6) is 0 Å². The van der Waals surface area contributed by atoms with Gasteiger partial charge in [0, 0.05) is 44.0 Å². The van der Waals surface area contributed by atoms with Crippen LogP contribution in [0.4, 0.5) is 0 Å². The fourth-order valence-corrected chi connectivity index (χ4v) is 9.59. The first-order chi connectivity index (χ1) is 28.3. The van der Waals surface area contributed by atoms with Gasteiger partial charge in [0.15, 0.2) is 5.82 Å². The molecular weight excluding hydrogens is 713 g/mol.